The van der Waals surface area contributed by atoms with Crippen LogP contribution in [0.15, 0.2) is 47.5 Å². The number of aliphatic carboxylic acids is 1. The van der Waals surface area contributed by atoms with Gasteiger partial charge in [-0.3, -0.25) is 4.79 Å². The fourth-order valence-corrected chi connectivity index (χ4v) is 1.67. The Labute approximate surface area is 109 Å². The second-order valence-electron chi connectivity index (χ2n) is 4.02. The van der Waals surface area contributed by atoms with Gasteiger partial charge in [0.05, 0.1) is 0 Å². The third-order valence-corrected chi connectivity index (χ3v) is 2.68. The zero-order chi connectivity index (χ0) is 13.8. The number of rotatable bonds is 4. The fraction of sp³-hybridized carbons (Fsp3) is 0.154. The number of carboxylic acid groups (broad SMARTS) is 1. The number of carboxylic acids is 1. The van der Waals surface area contributed by atoms with Crippen LogP contribution >= 0.6 is 0 Å². The second-order valence-corrected chi connectivity index (χ2v) is 4.02. The van der Waals surface area contributed by atoms with Gasteiger partial charge in [-0.15, -0.1) is 0 Å². The van der Waals surface area contributed by atoms with Crippen molar-refractivity contribution in [1.82, 2.24) is 9.55 Å². The summed E-state index contributed by atoms with van der Waals surface area (Å²) in [4.78, 5) is 27.0. The first-order chi connectivity index (χ1) is 9.09. The largest absolute Gasteiger partial charge is 0.479 e. The molecule has 1 aromatic carbocycles. The zero-order valence-electron chi connectivity index (χ0n) is 10.3. The van der Waals surface area contributed by atoms with Crippen LogP contribution in [0.4, 0.5) is 5.82 Å². The minimum absolute atomic E-state index is 0.0150. The molecule has 6 nitrogen and oxygen atoms in total. The average molecular weight is 259 g/mol. The van der Waals surface area contributed by atoms with Crippen LogP contribution in [-0.4, -0.2) is 20.6 Å². The minimum atomic E-state index is -1.07. The number of nitrogens with zero attached hydrogens (tertiary/aromatic N) is 2. The van der Waals surface area contributed by atoms with Crippen LogP contribution in [0.1, 0.15) is 11.6 Å². The smallest absolute Gasteiger partial charge is 0.330 e. The Hall–Kier alpha value is -2.63. The molecule has 6 heteroatoms. The molecule has 19 heavy (non-hydrogen) atoms. The molecule has 2 N–H and O–H groups in total. The first-order valence-corrected chi connectivity index (χ1v) is 5.65. The van der Waals surface area contributed by atoms with Crippen molar-refractivity contribution in [3.63, 3.8) is 0 Å². The molecule has 2 rings (SSSR count). The van der Waals surface area contributed by atoms with Crippen LogP contribution < -0.4 is 10.9 Å². The molecule has 1 aromatic heterocycles. The van der Waals surface area contributed by atoms with E-state index in [2.05, 4.69) is 10.3 Å². The minimum Gasteiger partial charge on any atom is -0.479 e. The van der Waals surface area contributed by atoms with E-state index in [-0.39, 0.29) is 11.4 Å². The van der Waals surface area contributed by atoms with Gasteiger partial charge in [-0.1, -0.05) is 30.3 Å². The summed E-state index contributed by atoms with van der Waals surface area (Å²) in [7, 11) is 1.58. The second kappa shape index (κ2) is 5.34. The topological polar surface area (TPSA) is 84.2 Å². The van der Waals surface area contributed by atoms with Crippen molar-refractivity contribution < 1.29 is 9.90 Å². The monoisotopic (exact) mass is 259 g/mol. The molecule has 0 saturated heterocycles. The van der Waals surface area contributed by atoms with Gasteiger partial charge in [-0.2, -0.15) is 0 Å². The lowest BCUT2D eigenvalue weighted by Gasteiger charge is -2.15. The maximum Gasteiger partial charge on any atom is 0.330 e. The van der Waals surface area contributed by atoms with E-state index in [0.717, 1.165) is 0 Å². The van der Waals surface area contributed by atoms with E-state index < -0.39 is 12.0 Å². The highest BCUT2D eigenvalue weighted by molar-refractivity contribution is 5.78. The van der Waals surface area contributed by atoms with Crippen LogP contribution in [0.25, 0.3) is 0 Å². The lowest BCUT2D eigenvalue weighted by molar-refractivity contribution is -0.138. The van der Waals surface area contributed by atoms with Gasteiger partial charge in [0.25, 0.3) is 5.56 Å². The van der Waals surface area contributed by atoms with Crippen molar-refractivity contribution in [1.29, 1.82) is 0 Å². The summed E-state index contributed by atoms with van der Waals surface area (Å²) in [5.74, 6) is -1.06. The van der Waals surface area contributed by atoms with Crippen LogP contribution in [0, 0.1) is 0 Å². The Morgan fingerprint density at radius 2 is 2.05 bits per heavy atom. The van der Waals surface area contributed by atoms with Gasteiger partial charge in [0.2, 0.25) is 0 Å². The third-order valence-electron chi connectivity index (χ3n) is 2.68. The first kappa shape index (κ1) is 12.8. The highest BCUT2D eigenvalue weighted by Crippen LogP contribution is 2.16. The fourth-order valence-electron chi connectivity index (χ4n) is 1.67. The predicted octanol–water partition coefficient (Wildman–Crippen LogP) is 1.02. The summed E-state index contributed by atoms with van der Waals surface area (Å²) >= 11 is 0. The van der Waals surface area contributed by atoms with E-state index in [1.165, 1.54) is 17.0 Å². The number of carbonyl (C=O) groups is 1. The molecule has 98 valence electrons. The summed E-state index contributed by atoms with van der Waals surface area (Å²) in [5, 5.41) is 11.9. The molecular formula is C13H13N3O3. The lowest BCUT2D eigenvalue weighted by Crippen LogP contribution is -2.27. The number of anilines is 1. The number of aryl methyl sites for hydroxylation is 1. The maximum atomic E-state index is 11.8. The van der Waals surface area contributed by atoms with E-state index >= 15 is 0 Å². The number of hydrogen-bond acceptors (Lipinski definition) is 4. The van der Waals surface area contributed by atoms with Gasteiger partial charge in [-0.25, -0.2) is 9.78 Å². The number of nitrogens with one attached hydrogen (secondary N) is 1. The van der Waals surface area contributed by atoms with Crippen molar-refractivity contribution in [3.8, 4) is 0 Å². The molecule has 0 radical (unpaired) electrons. The van der Waals surface area contributed by atoms with Crippen molar-refractivity contribution in [3.05, 3.63) is 58.6 Å². The molecule has 2 aromatic rings. The Morgan fingerprint density at radius 3 is 2.68 bits per heavy atom. The molecule has 0 fully saturated rings. The number of benzene rings is 1. The molecule has 0 bridgehead atoms. The van der Waals surface area contributed by atoms with Crippen LogP contribution in [-0.2, 0) is 11.8 Å². The molecule has 1 unspecified atom stereocenters. The van der Waals surface area contributed by atoms with E-state index in [1.54, 1.807) is 37.4 Å². The van der Waals surface area contributed by atoms with Crippen molar-refractivity contribution in [2.75, 3.05) is 5.32 Å². The van der Waals surface area contributed by atoms with Crippen LogP contribution in [0.2, 0.25) is 0 Å². The molecule has 1 heterocycles. The number of hydrogen-bond donors (Lipinski definition) is 2. The lowest BCUT2D eigenvalue weighted by atomic mass is 10.1. The van der Waals surface area contributed by atoms with Crippen LogP contribution in [0.5, 0.6) is 0 Å². The summed E-state index contributed by atoms with van der Waals surface area (Å²) in [6.45, 7) is 0. The van der Waals surface area contributed by atoms with E-state index in [4.69, 9.17) is 0 Å². The molecule has 0 spiro atoms. The first-order valence-electron chi connectivity index (χ1n) is 5.65. The van der Waals surface area contributed by atoms with Gasteiger partial charge >= 0.3 is 5.97 Å². The summed E-state index contributed by atoms with van der Waals surface area (Å²) < 4.78 is 1.33. The third kappa shape index (κ3) is 2.79. The average Bonchev–Trinajstić information content (AvgIpc) is 2.41. The Morgan fingerprint density at radius 1 is 1.37 bits per heavy atom. The van der Waals surface area contributed by atoms with Gasteiger partial charge in [0, 0.05) is 19.4 Å². The highest BCUT2D eigenvalue weighted by Gasteiger charge is 2.21. The summed E-state index contributed by atoms with van der Waals surface area (Å²) in [6, 6.07) is 7.62. The van der Waals surface area contributed by atoms with Crippen LogP contribution in [0.3, 0.4) is 0 Å². The van der Waals surface area contributed by atoms with Crippen molar-refractivity contribution >= 4 is 11.8 Å². The Bertz CT molecular complexity index is 637. The quantitative estimate of drug-likeness (QED) is 0.856. The van der Waals surface area contributed by atoms with E-state index in [1.807, 2.05) is 0 Å². The number of aromatic nitrogens is 2. The normalized spacial score (nSPS) is 11.8. The molecular weight excluding hydrogens is 246 g/mol. The summed E-state index contributed by atoms with van der Waals surface area (Å²) in [5.41, 5.74) is 0.187. The Balaban J connectivity index is 2.35. The van der Waals surface area contributed by atoms with Gasteiger partial charge in [0.1, 0.15) is 0 Å². The maximum absolute atomic E-state index is 11.8. The molecule has 0 aliphatic heterocycles. The van der Waals surface area contributed by atoms with Crippen molar-refractivity contribution in [2.24, 2.45) is 7.05 Å². The van der Waals surface area contributed by atoms with Crippen molar-refractivity contribution in [2.45, 2.75) is 6.04 Å². The standard InChI is InChI=1S/C13H13N3O3/c1-16-8-7-14-11(12(16)17)15-10(13(18)19)9-5-3-2-4-6-9/h2-8,10H,1H3,(H,14,15)(H,18,19). The SMILES string of the molecule is Cn1ccnc(NC(C(=O)O)c2ccccc2)c1=O. The van der Waals surface area contributed by atoms with E-state index in [0.29, 0.717) is 5.56 Å². The highest BCUT2D eigenvalue weighted by atomic mass is 16.4. The predicted molar refractivity (Wildman–Crippen MR) is 69.9 cm³/mol. The van der Waals surface area contributed by atoms with Gasteiger partial charge in [-0.05, 0) is 5.56 Å². The van der Waals surface area contributed by atoms with Gasteiger partial charge in [0.15, 0.2) is 11.9 Å². The molecule has 0 aliphatic rings. The van der Waals surface area contributed by atoms with Gasteiger partial charge < -0.3 is 15.0 Å². The Kier molecular flexibility index (Phi) is 3.61. The zero-order valence-corrected chi connectivity index (χ0v) is 10.3. The summed E-state index contributed by atoms with van der Waals surface area (Å²) in [6.07, 6.45) is 2.94. The molecule has 0 aliphatic carbocycles. The molecule has 1 atom stereocenters. The molecule has 0 amide bonds. The molecule has 0 saturated carbocycles. The van der Waals surface area contributed by atoms with E-state index in [9.17, 15) is 14.7 Å².